The monoisotopic (exact) mass is 269 g/mol. The van der Waals surface area contributed by atoms with Crippen LogP contribution in [0.25, 0.3) is 0 Å². The summed E-state index contributed by atoms with van der Waals surface area (Å²) in [6, 6.07) is 16.6. The summed E-state index contributed by atoms with van der Waals surface area (Å²) in [5.41, 5.74) is 4.68. The molecule has 1 unspecified atom stereocenters. The third-order valence-corrected chi connectivity index (χ3v) is 3.55. The molecule has 0 fully saturated rings. The van der Waals surface area contributed by atoms with E-state index in [0.717, 1.165) is 11.3 Å². The van der Waals surface area contributed by atoms with E-state index >= 15 is 0 Å². The number of hydrogen-bond donors (Lipinski definition) is 2. The van der Waals surface area contributed by atoms with Gasteiger partial charge in [0.25, 0.3) is 0 Å². The van der Waals surface area contributed by atoms with E-state index in [1.54, 1.807) is 0 Å². The Morgan fingerprint density at radius 3 is 2.20 bits per heavy atom. The molecule has 0 aliphatic rings. The lowest BCUT2D eigenvalue weighted by Gasteiger charge is -2.19. The molecule has 2 aromatic rings. The molecule has 0 heterocycles. The first-order valence-corrected chi connectivity index (χ1v) is 7.14. The standard InChI is InChI=1S/C18H23NO/c1-13(2)15-7-9-16(10-8-15)18(12-20)19-17-6-4-5-14(3)11-17/h4-11,13,18-20H,12H2,1-3H3. The van der Waals surface area contributed by atoms with Crippen LogP contribution in [-0.2, 0) is 0 Å². The van der Waals surface area contributed by atoms with Crippen molar-refractivity contribution < 1.29 is 5.11 Å². The average molecular weight is 269 g/mol. The molecule has 0 saturated carbocycles. The fourth-order valence-electron chi connectivity index (χ4n) is 2.28. The number of benzene rings is 2. The van der Waals surface area contributed by atoms with Crippen molar-refractivity contribution in [3.8, 4) is 0 Å². The van der Waals surface area contributed by atoms with Crippen LogP contribution in [0.15, 0.2) is 48.5 Å². The highest BCUT2D eigenvalue weighted by Gasteiger charge is 2.10. The van der Waals surface area contributed by atoms with Gasteiger partial charge in [0.2, 0.25) is 0 Å². The molecule has 2 nitrogen and oxygen atoms in total. The van der Waals surface area contributed by atoms with Crippen LogP contribution in [0, 0.1) is 6.92 Å². The zero-order valence-electron chi connectivity index (χ0n) is 12.4. The van der Waals surface area contributed by atoms with Crippen molar-refractivity contribution in [2.24, 2.45) is 0 Å². The molecule has 2 aromatic carbocycles. The molecule has 106 valence electrons. The molecule has 0 aliphatic carbocycles. The van der Waals surface area contributed by atoms with Crippen molar-refractivity contribution in [2.75, 3.05) is 11.9 Å². The van der Waals surface area contributed by atoms with Gasteiger partial charge in [-0.1, -0.05) is 50.2 Å². The minimum absolute atomic E-state index is 0.0713. The van der Waals surface area contributed by atoms with E-state index in [1.807, 2.05) is 12.1 Å². The normalized spacial score (nSPS) is 12.4. The van der Waals surface area contributed by atoms with Crippen LogP contribution >= 0.6 is 0 Å². The number of hydrogen-bond acceptors (Lipinski definition) is 2. The molecular formula is C18H23NO. The van der Waals surface area contributed by atoms with Gasteiger partial charge in [-0.3, -0.25) is 0 Å². The van der Waals surface area contributed by atoms with Crippen LogP contribution in [-0.4, -0.2) is 11.7 Å². The molecule has 2 heteroatoms. The summed E-state index contributed by atoms with van der Waals surface area (Å²) in [7, 11) is 0. The second-order valence-corrected chi connectivity index (χ2v) is 5.57. The Labute approximate surface area is 121 Å². The van der Waals surface area contributed by atoms with Crippen molar-refractivity contribution in [3.05, 3.63) is 65.2 Å². The Bertz CT molecular complexity index is 546. The van der Waals surface area contributed by atoms with Crippen LogP contribution in [0.3, 0.4) is 0 Å². The third-order valence-electron chi connectivity index (χ3n) is 3.55. The molecule has 20 heavy (non-hydrogen) atoms. The fraction of sp³-hybridized carbons (Fsp3) is 0.333. The smallest absolute Gasteiger partial charge is 0.0745 e. The Balaban J connectivity index is 2.15. The van der Waals surface area contributed by atoms with Gasteiger partial charge in [-0.15, -0.1) is 0 Å². The first-order chi connectivity index (χ1) is 9.60. The van der Waals surface area contributed by atoms with E-state index < -0.39 is 0 Å². The van der Waals surface area contributed by atoms with Crippen LogP contribution in [0.5, 0.6) is 0 Å². The zero-order chi connectivity index (χ0) is 14.5. The summed E-state index contributed by atoms with van der Waals surface area (Å²) in [5.74, 6) is 0.529. The highest BCUT2D eigenvalue weighted by Crippen LogP contribution is 2.22. The maximum Gasteiger partial charge on any atom is 0.0745 e. The SMILES string of the molecule is Cc1cccc(NC(CO)c2ccc(C(C)C)cc2)c1. The lowest BCUT2D eigenvalue weighted by Crippen LogP contribution is -2.14. The van der Waals surface area contributed by atoms with E-state index in [1.165, 1.54) is 11.1 Å². The van der Waals surface area contributed by atoms with Crippen molar-refractivity contribution in [1.29, 1.82) is 0 Å². The van der Waals surface area contributed by atoms with Crippen molar-refractivity contribution in [1.82, 2.24) is 0 Å². The van der Waals surface area contributed by atoms with Crippen LogP contribution in [0.1, 0.15) is 42.5 Å². The van der Waals surface area contributed by atoms with E-state index in [2.05, 4.69) is 62.5 Å². The van der Waals surface area contributed by atoms with Gasteiger partial charge in [0.15, 0.2) is 0 Å². The van der Waals surface area contributed by atoms with Crippen LogP contribution in [0.2, 0.25) is 0 Å². The molecule has 0 bridgehead atoms. The number of nitrogens with one attached hydrogen (secondary N) is 1. The first-order valence-electron chi connectivity index (χ1n) is 7.14. The van der Waals surface area contributed by atoms with Crippen LogP contribution < -0.4 is 5.32 Å². The highest BCUT2D eigenvalue weighted by molar-refractivity contribution is 5.47. The molecule has 0 radical (unpaired) electrons. The predicted octanol–water partition coefficient (Wildman–Crippen LogP) is 4.26. The molecule has 0 saturated heterocycles. The van der Waals surface area contributed by atoms with Crippen molar-refractivity contribution >= 4 is 5.69 Å². The number of aryl methyl sites for hydroxylation is 1. The van der Waals surface area contributed by atoms with E-state index in [4.69, 9.17) is 0 Å². The Hall–Kier alpha value is -1.80. The maximum absolute atomic E-state index is 9.63. The minimum atomic E-state index is -0.0713. The second-order valence-electron chi connectivity index (χ2n) is 5.57. The topological polar surface area (TPSA) is 32.3 Å². The zero-order valence-corrected chi connectivity index (χ0v) is 12.4. The van der Waals surface area contributed by atoms with E-state index in [0.29, 0.717) is 5.92 Å². The quantitative estimate of drug-likeness (QED) is 0.850. The summed E-state index contributed by atoms with van der Waals surface area (Å²) in [5, 5.41) is 13.0. The fourth-order valence-corrected chi connectivity index (χ4v) is 2.28. The molecule has 2 N–H and O–H groups in total. The van der Waals surface area contributed by atoms with Crippen molar-refractivity contribution in [2.45, 2.75) is 32.7 Å². The summed E-state index contributed by atoms with van der Waals surface area (Å²) >= 11 is 0. The van der Waals surface area contributed by atoms with Gasteiger partial charge in [0, 0.05) is 5.69 Å². The lowest BCUT2D eigenvalue weighted by atomic mass is 9.99. The number of anilines is 1. The molecule has 1 atom stereocenters. The Morgan fingerprint density at radius 2 is 1.65 bits per heavy atom. The average Bonchev–Trinajstić information content (AvgIpc) is 2.45. The van der Waals surface area contributed by atoms with Gasteiger partial charge < -0.3 is 10.4 Å². The first kappa shape index (κ1) is 14.6. The molecule has 2 rings (SSSR count). The van der Waals surface area contributed by atoms with Gasteiger partial charge in [0.05, 0.1) is 12.6 Å². The van der Waals surface area contributed by atoms with Gasteiger partial charge in [-0.2, -0.15) is 0 Å². The van der Waals surface area contributed by atoms with Crippen LogP contribution in [0.4, 0.5) is 5.69 Å². The minimum Gasteiger partial charge on any atom is -0.394 e. The van der Waals surface area contributed by atoms with Gasteiger partial charge in [-0.05, 0) is 41.7 Å². The summed E-state index contributed by atoms with van der Waals surface area (Å²) in [6.07, 6.45) is 0. The van der Waals surface area contributed by atoms with E-state index in [9.17, 15) is 5.11 Å². The molecule has 0 aromatic heterocycles. The van der Waals surface area contributed by atoms with E-state index in [-0.39, 0.29) is 12.6 Å². The molecule has 0 aliphatic heterocycles. The molecule has 0 spiro atoms. The summed E-state index contributed by atoms with van der Waals surface area (Å²) in [4.78, 5) is 0. The predicted molar refractivity (Wildman–Crippen MR) is 85.2 cm³/mol. The van der Waals surface area contributed by atoms with Gasteiger partial charge >= 0.3 is 0 Å². The highest BCUT2D eigenvalue weighted by atomic mass is 16.3. The summed E-state index contributed by atoms with van der Waals surface area (Å²) in [6.45, 7) is 6.51. The molecular weight excluding hydrogens is 246 g/mol. The molecule has 0 amide bonds. The van der Waals surface area contributed by atoms with Crippen molar-refractivity contribution in [3.63, 3.8) is 0 Å². The van der Waals surface area contributed by atoms with Gasteiger partial charge in [0.1, 0.15) is 0 Å². The Kier molecular flexibility index (Phi) is 4.80. The number of aliphatic hydroxyl groups excluding tert-OH is 1. The van der Waals surface area contributed by atoms with Gasteiger partial charge in [-0.25, -0.2) is 0 Å². The number of rotatable bonds is 5. The number of aliphatic hydroxyl groups is 1. The third kappa shape index (κ3) is 3.61. The lowest BCUT2D eigenvalue weighted by molar-refractivity contribution is 0.276. The Morgan fingerprint density at radius 1 is 1.00 bits per heavy atom. The maximum atomic E-state index is 9.63. The second kappa shape index (κ2) is 6.58. The largest absolute Gasteiger partial charge is 0.394 e. The summed E-state index contributed by atoms with van der Waals surface area (Å²) < 4.78 is 0.